The van der Waals surface area contributed by atoms with Crippen LogP contribution >= 0.6 is 0 Å². The van der Waals surface area contributed by atoms with E-state index in [1.54, 1.807) is 0 Å². The third-order valence-electron chi connectivity index (χ3n) is 2.73. The van der Waals surface area contributed by atoms with Gasteiger partial charge in [0.1, 0.15) is 16.9 Å². The summed E-state index contributed by atoms with van der Waals surface area (Å²) >= 11 is -3.10. The maximum Gasteiger partial charge on any atom is 0.578 e. The molecule has 1 unspecified atom stereocenters. The summed E-state index contributed by atoms with van der Waals surface area (Å²) in [5, 5.41) is 0. The Labute approximate surface area is 111 Å². The van der Waals surface area contributed by atoms with Crippen molar-refractivity contribution < 1.29 is 27.2 Å². The molecule has 3 nitrogen and oxygen atoms in total. The summed E-state index contributed by atoms with van der Waals surface area (Å²) in [5.74, 6) is 0.731. The number of rotatable bonds is 5. The second-order valence-electron chi connectivity index (χ2n) is 4.28. The van der Waals surface area contributed by atoms with Gasteiger partial charge in [0.05, 0.1) is 13.7 Å². The Bertz CT molecular complexity index is 446. The highest BCUT2D eigenvalue weighted by Crippen LogP contribution is 2.38. The van der Waals surface area contributed by atoms with Crippen LogP contribution in [0.2, 0.25) is 0 Å². The Kier molecular flexibility index (Phi) is 4.15. The normalized spacial score (nSPS) is 17.1. The lowest BCUT2D eigenvalue weighted by atomic mass is 10.3. The molecule has 1 aliphatic carbocycles. The Morgan fingerprint density at radius 2 is 2.05 bits per heavy atom. The van der Waals surface area contributed by atoms with Gasteiger partial charge in [-0.3, -0.25) is 0 Å². The molecule has 0 aliphatic heterocycles. The van der Waals surface area contributed by atoms with E-state index in [0.29, 0.717) is 18.3 Å². The van der Waals surface area contributed by atoms with Crippen LogP contribution in [-0.2, 0) is 11.2 Å². The van der Waals surface area contributed by atoms with Crippen LogP contribution < -0.4 is 9.47 Å². The van der Waals surface area contributed by atoms with Crippen LogP contribution in [0, 0.1) is 5.92 Å². The average Bonchev–Trinajstić information content (AvgIpc) is 3.18. The monoisotopic (exact) mass is 294 g/mol. The van der Waals surface area contributed by atoms with Crippen molar-refractivity contribution in [2.24, 2.45) is 5.92 Å². The van der Waals surface area contributed by atoms with Gasteiger partial charge in [0.15, 0.2) is 5.75 Å². The van der Waals surface area contributed by atoms with Gasteiger partial charge in [0.25, 0.3) is 0 Å². The van der Waals surface area contributed by atoms with E-state index >= 15 is 0 Å². The van der Waals surface area contributed by atoms with Gasteiger partial charge >= 0.3 is 5.51 Å². The number of ether oxygens (including phenoxy) is 2. The van der Waals surface area contributed by atoms with Crippen LogP contribution in [0.1, 0.15) is 12.8 Å². The summed E-state index contributed by atoms with van der Waals surface area (Å²) < 4.78 is 59.3. The molecule has 7 heteroatoms. The van der Waals surface area contributed by atoms with E-state index in [4.69, 9.17) is 9.47 Å². The molecule has 1 saturated carbocycles. The molecule has 0 spiro atoms. The summed E-state index contributed by atoms with van der Waals surface area (Å²) in [4.78, 5) is -0.367. The molecule has 0 radical (unpaired) electrons. The van der Waals surface area contributed by atoms with Crippen molar-refractivity contribution >= 4 is 11.2 Å². The number of alkyl halides is 3. The SMILES string of the molecule is COc1ccc([S+]([O-])C(F)(F)F)c(OCC2CC2)c1. The van der Waals surface area contributed by atoms with Crippen LogP contribution in [0.15, 0.2) is 23.1 Å². The van der Waals surface area contributed by atoms with Gasteiger partial charge in [0.2, 0.25) is 4.90 Å². The molecule has 19 heavy (non-hydrogen) atoms. The quantitative estimate of drug-likeness (QED) is 0.784. The molecule has 1 atom stereocenters. The summed E-state index contributed by atoms with van der Waals surface area (Å²) in [6.07, 6.45) is 2.03. The second kappa shape index (κ2) is 5.50. The minimum atomic E-state index is -4.80. The second-order valence-corrected chi connectivity index (χ2v) is 5.72. The molecule has 0 saturated heterocycles. The zero-order chi connectivity index (χ0) is 14.0. The van der Waals surface area contributed by atoms with Crippen molar-refractivity contribution in [2.75, 3.05) is 13.7 Å². The number of benzene rings is 1. The van der Waals surface area contributed by atoms with Gasteiger partial charge in [-0.05, 0) is 24.8 Å². The Hall–Kier alpha value is -1.08. The van der Waals surface area contributed by atoms with E-state index in [0.717, 1.165) is 18.9 Å². The summed E-state index contributed by atoms with van der Waals surface area (Å²) in [6, 6.07) is 3.80. The third kappa shape index (κ3) is 3.70. The lowest BCUT2D eigenvalue weighted by molar-refractivity contribution is -0.0436. The summed E-state index contributed by atoms with van der Waals surface area (Å²) in [6.45, 7) is 0.342. The fourth-order valence-corrected chi connectivity index (χ4v) is 2.24. The van der Waals surface area contributed by atoms with Crippen molar-refractivity contribution in [3.8, 4) is 11.5 Å². The van der Waals surface area contributed by atoms with E-state index in [-0.39, 0.29) is 10.6 Å². The van der Waals surface area contributed by atoms with Gasteiger partial charge in [0, 0.05) is 12.1 Å². The van der Waals surface area contributed by atoms with Gasteiger partial charge in [-0.2, -0.15) is 0 Å². The summed E-state index contributed by atoms with van der Waals surface area (Å²) in [7, 11) is 1.40. The van der Waals surface area contributed by atoms with Gasteiger partial charge in [-0.25, -0.2) is 0 Å². The average molecular weight is 294 g/mol. The molecule has 0 heterocycles. The molecular formula is C12H13F3O3S. The van der Waals surface area contributed by atoms with Crippen LogP contribution in [0.3, 0.4) is 0 Å². The fourth-order valence-electron chi connectivity index (χ4n) is 1.50. The van der Waals surface area contributed by atoms with E-state index in [1.165, 1.54) is 19.2 Å². The van der Waals surface area contributed by atoms with Crippen molar-refractivity contribution in [3.05, 3.63) is 18.2 Å². The topological polar surface area (TPSA) is 41.5 Å². The molecule has 2 rings (SSSR count). The minimum absolute atomic E-state index is 0.0260. The lowest BCUT2D eigenvalue weighted by Crippen LogP contribution is -2.24. The largest absolute Gasteiger partial charge is 0.604 e. The molecular weight excluding hydrogens is 281 g/mol. The van der Waals surface area contributed by atoms with Gasteiger partial charge < -0.3 is 14.0 Å². The van der Waals surface area contributed by atoms with Crippen molar-refractivity contribution in [2.45, 2.75) is 23.2 Å². The number of hydrogen-bond acceptors (Lipinski definition) is 3. The first-order chi connectivity index (χ1) is 8.91. The predicted molar refractivity (Wildman–Crippen MR) is 63.7 cm³/mol. The van der Waals surface area contributed by atoms with Crippen molar-refractivity contribution in [1.29, 1.82) is 0 Å². The van der Waals surface area contributed by atoms with E-state index in [9.17, 15) is 17.7 Å². The molecule has 1 aromatic rings. The molecule has 0 amide bonds. The smallest absolute Gasteiger partial charge is 0.578 e. The van der Waals surface area contributed by atoms with Crippen LogP contribution in [0.5, 0.6) is 11.5 Å². The zero-order valence-electron chi connectivity index (χ0n) is 10.2. The fraction of sp³-hybridized carbons (Fsp3) is 0.500. The first kappa shape index (κ1) is 14.3. The number of halogens is 3. The maximum absolute atomic E-state index is 12.5. The Morgan fingerprint density at radius 3 is 2.58 bits per heavy atom. The number of methoxy groups -OCH3 is 1. The maximum atomic E-state index is 12.5. The van der Waals surface area contributed by atoms with Crippen molar-refractivity contribution in [1.82, 2.24) is 0 Å². The van der Waals surface area contributed by atoms with E-state index < -0.39 is 16.7 Å². The Morgan fingerprint density at radius 1 is 1.37 bits per heavy atom. The molecule has 0 aromatic heterocycles. The van der Waals surface area contributed by atoms with Crippen molar-refractivity contribution in [3.63, 3.8) is 0 Å². The van der Waals surface area contributed by atoms with Gasteiger partial charge in [-0.1, -0.05) is 0 Å². The first-order valence-electron chi connectivity index (χ1n) is 5.71. The highest BCUT2D eigenvalue weighted by molar-refractivity contribution is 7.92. The van der Waals surface area contributed by atoms with Gasteiger partial charge in [-0.15, -0.1) is 13.2 Å². The predicted octanol–water partition coefficient (Wildman–Crippen LogP) is 3.11. The third-order valence-corrected chi connectivity index (χ3v) is 3.89. The lowest BCUT2D eigenvalue weighted by Gasteiger charge is -2.16. The Balaban J connectivity index is 2.23. The minimum Gasteiger partial charge on any atom is -0.604 e. The van der Waals surface area contributed by atoms with Crippen LogP contribution in [0.25, 0.3) is 0 Å². The van der Waals surface area contributed by atoms with E-state index in [1.807, 2.05) is 0 Å². The first-order valence-corrected chi connectivity index (χ1v) is 6.86. The zero-order valence-corrected chi connectivity index (χ0v) is 11.0. The summed E-state index contributed by atoms with van der Waals surface area (Å²) in [5.41, 5.74) is -4.80. The highest BCUT2D eigenvalue weighted by atomic mass is 32.2. The molecule has 106 valence electrons. The molecule has 1 aromatic carbocycles. The molecule has 0 bridgehead atoms. The molecule has 0 N–H and O–H groups in total. The van der Waals surface area contributed by atoms with E-state index in [2.05, 4.69) is 0 Å². The molecule has 1 fully saturated rings. The number of hydrogen-bond donors (Lipinski definition) is 0. The highest BCUT2D eigenvalue weighted by Gasteiger charge is 2.47. The van der Waals surface area contributed by atoms with Crippen LogP contribution in [0.4, 0.5) is 13.2 Å². The van der Waals surface area contributed by atoms with Crippen LogP contribution in [-0.4, -0.2) is 23.8 Å². The molecule has 1 aliphatic rings. The standard InChI is InChI=1S/C12H13F3O3S/c1-17-9-4-5-11(19(16)12(13,14)15)10(6-9)18-7-8-2-3-8/h4-6,8H,2-3,7H2,1H3.